The quantitative estimate of drug-likeness (QED) is 0.507. The summed E-state index contributed by atoms with van der Waals surface area (Å²) in [6.45, 7) is 0. The van der Waals surface area contributed by atoms with Gasteiger partial charge >= 0.3 is 5.97 Å². The Labute approximate surface area is 161 Å². The predicted molar refractivity (Wildman–Crippen MR) is 108 cm³/mol. The van der Waals surface area contributed by atoms with E-state index in [0.29, 0.717) is 6.04 Å². The molecule has 2 aromatic heterocycles. The highest BCUT2D eigenvalue weighted by Gasteiger charge is 2.21. The van der Waals surface area contributed by atoms with Gasteiger partial charge in [-0.1, -0.05) is 36.4 Å². The van der Waals surface area contributed by atoms with E-state index in [1.54, 1.807) is 12.4 Å². The number of benzene rings is 2. The smallest absolute Gasteiger partial charge is 0.352 e. The van der Waals surface area contributed by atoms with Crippen LogP contribution < -0.4 is 5.32 Å². The molecule has 5 rings (SSSR count). The Morgan fingerprint density at radius 2 is 1.82 bits per heavy atom. The van der Waals surface area contributed by atoms with Crippen LogP contribution in [-0.4, -0.2) is 32.1 Å². The molecule has 6 nitrogen and oxygen atoms in total. The third-order valence-corrected chi connectivity index (χ3v) is 5.22. The second-order valence-corrected chi connectivity index (χ2v) is 7.10. The summed E-state index contributed by atoms with van der Waals surface area (Å²) in [5.74, 6) is -0.176. The molecule has 0 saturated heterocycles. The molecule has 138 valence electrons. The lowest BCUT2D eigenvalue weighted by Crippen LogP contribution is -2.20. The van der Waals surface area contributed by atoms with E-state index in [4.69, 9.17) is 5.11 Å². The number of hydrogen-bond acceptors (Lipinski definition) is 4. The van der Waals surface area contributed by atoms with Gasteiger partial charge in [-0.3, -0.25) is 0 Å². The van der Waals surface area contributed by atoms with Crippen molar-refractivity contribution in [1.82, 2.24) is 15.0 Å². The topological polar surface area (TPSA) is 90.9 Å². The van der Waals surface area contributed by atoms with Crippen molar-refractivity contribution in [2.75, 3.05) is 5.32 Å². The number of anilines is 1. The van der Waals surface area contributed by atoms with E-state index in [-0.39, 0.29) is 5.69 Å². The summed E-state index contributed by atoms with van der Waals surface area (Å²) in [4.78, 5) is 22.9. The number of carbonyl (C=O) groups is 1. The minimum Gasteiger partial charge on any atom is -0.477 e. The SMILES string of the molecule is O=C(O)c1cc2ccc(-c3cc(NC4Cc5ccccc5C4)ncn3)cc2[nH]1. The largest absolute Gasteiger partial charge is 0.477 e. The Bertz CT molecular complexity index is 1170. The predicted octanol–water partition coefficient (Wildman–Crippen LogP) is 3.90. The van der Waals surface area contributed by atoms with Crippen molar-refractivity contribution < 1.29 is 9.90 Å². The molecule has 0 saturated carbocycles. The molecule has 0 spiro atoms. The minimum atomic E-state index is -0.969. The molecule has 0 bridgehead atoms. The van der Waals surface area contributed by atoms with Crippen molar-refractivity contribution in [3.63, 3.8) is 0 Å². The summed E-state index contributed by atoms with van der Waals surface area (Å²) in [7, 11) is 0. The van der Waals surface area contributed by atoms with Crippen molar-refractivity contribution in [2.24, 2.45) is 0 Å². The number of hydrogen-bond donors (Lipinski definition) is 3. The molecule has 2 heterocycles. The number of carboxylic acids is 1. The number of aromatic amines is 1. The van der Waals surface area contributed by atoms with Crippen LogP contribution in [0.4, 0.5) is 5.82 Å². The zero-order valence-corrected chi connectivity index (χ0v) is 15.0. The number of carboxylic acid groups (broad SMARTS) is 1. The van der Waals surface area contributed by atoms with E-state index < -0.39 is 5.97 Å². The number of rotatable bonds is 4. The molecular weight excluding hydrogens is 352 g/mol. The highest BCUT2D eigenvalue weighted by atomic mass is 16.4. The van der Waals surface area contributed by atoms with Crippen molar-refractivity contribution >= 4 is 22.7 Å². The maximum atomic E-state index is 11.2. The van der Waals surface area contributed by atoms with Crippen LogP contribution in [-0.2, 0) is 12.8 Å². The zero-order chi connectivity index (χ0) is 19.1. The monoisotopic (exact) mass is 370 g/mol. The standard InChI is InChI=1S/C22H18N4O2/c27-22(28)20-10-16-6-5-15(9-19(16)26-20)18-11-21(24-12-23-18)25-17-7-13-3-1-2-4-14(13)8-17/h1-6,9-12,17,26H,7-8H2,(H,27,28)(H,23,24,25). The van der Waals surface area contributed by atoms with Crippen LogP contribution in [0.15, 0.2) is 60.9 Å². The normalized spacial score (nSPS) is 13.6. The zero-order valence-electron chi connectivity index (χ0n) is 15.0. The van der Waals surface area contributed by atoms with E-state index in [1.165, 1.54) is 11.1 Å². The molecule has 4 aromatic rings. The summed E-state index contributed by atoms with van der Waals surface area (Å²) in [6.07, 6.45) is 3.53. The van der Waals surface area contributed by atoms with Crippen molar-refractivity contribution in [2.45, 2.75) is 18.9 Å². The van der Waals surface area contributed by atoms with Gasteiger partial charge in [-0.15, -0.1) is 0 Å². The minimum absolute atomic E-state index is 0.179. The van der Waals surface area contributed by atoms with Gasteiger partial charge in [0, 0.05) is 28.6 Å². The lowest BCUT2D eigenvalue weighted by molar-refractivity contribution is 0.0691. The van der Waals surface area contributed by atoms with Gasteiger partial charge in [0.2, 0.25) is 0 Å². The maximum absolute atomic E-state index is 11.2. The highest BCUT2D eigenvalue weighted by molar-refractivity contribution is 5.95. The molecular formula is C22H18N4O2. The van der Waals surface area contributed by atoms with Gasteiger partial charge in [0.15, 0.2) is 0 Å². The van der Waals surface area contributed by atoms with Crippen molar-refractivity contribution in [3.8, 4) is 11.3 Å². The molecule has 1 aliphatic carbocycles. The van der Waals surface area contributed by atoms with Crippen LogP contribution >= 0.6 is 0 Å². The number of nitrogens with one attached hydrogen (secondary N) is 2. The van der Waals surface area contributed by atoms with E-state index in [2.05, 4.69) is 44.5 Å². The van der Waals surface area contributed by atoms with Crippen molar-refractivity contribution in [1.29, 1.82) is 0 Å². The number of nitrogens with zero attached hydrogens (tertiary/aromatic N) is 2. The molecule has 0 aliphatic heterocycles. The fourth-order valence-corrected chi connectivity index (χ4v) is 3.87. The lowest BCUT2D eigenvalue weighted by Gasteiger charge is -2.13. The second-order valence-electron chi connectivity index (χ2n) is 7.10. The van der Waals surface area contributed by atoms with Gasteiger partial charge in [0.1, 0.15) is 17.8 Å². The number of H-pyrrole nitrogens is 1. The Hall–Kier alpha value is -3.67. The number of fused-ring (bicyclic) bond motifs is 2. The fraction of sp³-hybridized carbons (Fsp3) is 0.136. The highest BCUT2D eigenvalue weighted by Crippen LogP contribution is 2.27. The van der Waals surface area contributed by atoms with Crippen LogP contribution in [0.5, 0.6) is 0 Å². The molecule has 0 atom stereocenters. The number of aromatic nitrogens is 3. The summed E-state index contributed by atoms with van der Waals surface area (Å²) >= 11 is 0. The third-order valence-electron chi connectivity index (χ3n) is 5.22. The summed E-state index contributed by atoms with van der Waals surface area (Å²) in [5, 5.41) is 13.5. The molecule has 0 amide bonds. The van der Waals surface area contributed by atoms with Gasteiger partial charge in [-0.25, -0.2) is 14.8 Å². The Kier molecular flexibility index (Phi) is 3.83. The average molecular weight is 370 g/mol. The van der Waals surface area contributed by atoms with Gasteiger partial charge in [0.25, 0.3) is 0 Å². The molecule has 28 heavy (non-hydrogen) atoms. The Morgan fingerprint density at radius 1 is 1.04 bits per heavy atom. The fourth-order valence-electron chi connectivity index (χ4n) is 3.87. The Balaban J connectivity index is 1.40. The summed E-state index contributed by atoms with van der Waals surface area (Å²) in [5.41, 5.74) is 5.43. The van der Waals surface area contributed by atoms with Crippen molar-refractivity contribution in [3.05, 3.63) is 77.7 Å². The first-order valence-corrected chi connectivity index (χ1v) is 9.17. The first-order chi connectivity index (χ1) is 13.7. The Morgan fingerprint density at radius 3 is 2.57 bits per heavy atom. The molecule has 0 fully saturated rings. The van der Waals surface area contributed by atoms with Crippen LogP contribution in [0, 0.1) is 0 Å². The van der Waals surface area contributed by atoms with Gasteiger partial charge < -0.3 is 15.4 Å². The number of aromatic carboxylic acids is 1. The molecule has 0 unspecified atom stereocenters. The average Bonchev–Trinajstić information content (AvgIpc) is 3.31. The first-order valence-electron chi connectivity index (χ1n) is 9.17. The van der Waals surface area contributed by atoms with Gasteiger partial charge in [0.05, 0.1) is 5.69 Å². The molecule has 0 radical (unpaired) electrons. The summed E-state index contributed by atoms with van der Waals surface area (Å²) < 4.78 is 0. The van der Waals surface area contributed by atoms with Gasteiger partial charge in [-0.2, -0.15) is 0 Å². The van der Waals surface area contributed by atoms with Crippen LogP contribution in [0.25, 0.3) is 22.2 Å². The van der Waals surface area contributed by atoms with Gasteiger partial charge in [-0.05, 0) is 36.1 Å². The second kappa shape index (κ2) is 6.49. The summed E-state index contributed by atoms with van der Waals surface area (Å²) in [6, 6.07) is 18.2. The maximum Gasteiger partial charge on any atom is 0.352 e. The van der Waals surface area contributed by atoms with Crippen LogP contribution in [0.3, 0.4) is 0 Å². The van der Waals surface area contributed by atoms with E-state index in [1.807, 2.05) is 24.3 Å². The van der Waals surface area contributed by atoms with Crippen LogP contribution in [0.1, 0.15) is 21.6 Å². The van der Waals surface area contributed by atoms with E-state index in [9.17, 15) is 4.79 Å². The molecule has 6 heteroatoms. The molecule has 1 aliphatic rings. The molecule has 3 N–H and O–H groups in total. The van der Waals surface area contributed by atoms with Crippen LogP contribution in [0.2, 0.25) is 0 Å². The van der Waals surface area contributed by atoms with E-state index in [0.717, 1.165) is 40.8 Å². The first kappa shape index (κ1) is 16.5. The molecule has 2 aromatic carbocycles. The van der Waals surface area contributed by atoms with E-state index >= 15 is 0 Å². The lowest BCUT2D eigenvalue weighted by atomic mass is 10.1. The third kappa shape index (κ3) is 2.99.